The SMILES string of the molecule is CCN(Cc1ccc(C(=O)O)c(F)c1)C1CC1. The summed E-state index contributed by atoms with van der Waals surface area (Å²) in [6.45, 7) is 3.71. The minimum atomic E-state index is -1.22. The van der Waals surface area contributed by atoms with E-state index in [-0.39, 0.29) is 5.56 Å². The molecule has 0 aliphatic heterocycles. The average molecular weight is 237 g/mol. The molecule has 0 unspecified atom stereocenters. The van der Waals surface area contributed by atoms with Crippen LogP contribution in [0.5, 0.6) is 0 Å². The topological polar surface area (TPSA) is 40.5 Å². The lowest BCUT2D eigenvalue weighted by Gasteiger charge is -2.19. The minimum Gasteiger partial charge on any atom is -0.478 e. The van der Waals surface area contributed by atoms with Gasteiger partial charge in [0.1, 0.15) is 5.82 Å². The maximum Gasteiger partial charge on any atom is 0.338 e. The van der Waals surface area contributed by atoms with Crippen molar-refractivity contribution in [3.8, 4) is 0 Å². The quantitative estimate of drug-likeness (QED) is 0.855. The van der Waals surface area contributed by atoms with Gasteiger partial charge in [0.15, 0.2) is 0 Å². The minimum absolute atomic E-state index is 0.261. The Hall–Kier alpha value is -1.42. The van der Waals surface area contributed by atoms with Crippen molar-refractivity contribution in [3.63, 3.8) is 0 Å². The van der Waals surface area contributed by atoms with Gasteiger partial charge in [-0.1, -0.05) is 13.0 Å². The molecule has 1 aromatic rings. The second-order valence-corrected chi connectivity index (χ2v) is 4.41. The molecule has 1 aliphatic rings. The van der Waals surface area contributed by atoms with Crippen LogP contribution in [-0.4, -0.2) is 28.6 Å². The molecular weight excluding hydrogens is 221 g/mol. The molecule has 0 spiro atoms. The Morgan fingerprint density at radius 2 is 2.24 bits per heavy atom. The first-order chi connectivity index (χ1) is 8.11. The molecule has 4 heteroatoms. The number of carboxylic acid groups (broad SMARTS) is 1. The van der Waals surface area contributed by atoms with Crippen LogP contribution in [0.25, 0.3) is 0 Å². The molecule has 1 saturated carbocycles. The Bertz CT molecular complexity index is 429. The maximum absolute atomic E-state index is 13.5. The first kappa shape index (κ1) is 12.0. The molecule has 0 bridgehead atoms. The third-order valence-electron chi connectivity index (χ3n) is 3.12. The van der Waals surface area contributed by atoms with Gasteiger partial charge in [-0.05, 0) is 37.1 Å². The fourth-order valence-electron chi connectivity index (χ4n) is 2.00. The first-order valence-corrected chi connectivity index (χ1v) is 5.87. The number of rotatable bonds is 5. The lowest BCUT2D eigenvalue weighted by atomic mass is 10.1. The molecule has 1 aliphatic carbocycles. The standard InChI is InChI=1S/C13H16FNO2/c1-2-15(10-4-5-10)8-9-3-6-11(13(16)17)12(14)7-9/h3,6-7,10H,2,4-5,8H2,1H3,(H,16,17). The number of halogens is 1. The van der Waals surface area contributed by atoms with Crippen molar-refractivity contribution in [2.75, 3.05) is 6.54 Å². The van der Waals surface area contributed by atoms with E-state index >= 15 is 0 Å². The lowest BCUT2D eigenvalue weighted by molar-refractivity contribution is 0.0692. The lowest BCUT2D eigenvalue weighted by Crippen LogP contribution is -2.25. The molecule has 0 saturated heterocycles. The van der Waals surface area contributed by atoms with Crippen LogP contribution in [0.15, 0.2) is 18.2 Å². The summed E-state index contributed by atoms with van der Waals surface area (Å²) in [6.07, 6.45) is 2.42. The molecule has 17 heavy (non-hydrogen) atoms. The fraction of sp³-hybridized carbons (Fsp3) is 0.462. The molecule has 3 nitrogen and oxygen atoms in total. The summed E-state index contributed by atoms with van der Waals surface area (Å²) < 4.78 is 13.5. The third kappa shape index (κ3) is 2.82. The molecule has 0 radical (unpaired) electrons. The summed E-state index contributed by atoms with van der Waals surface area (Å²) >= 11 is 0. The van der Waals surface area contributed by atoms with Crippen LogP contribution in [-0.2, 0) is 6.54 Å². The Balaban J connectivity index is 2.11. The summed E-state index contributed by atoms with van der Waals surface area (Å²) in [6, 6.07) is 4.99. The smallest absolute Gasteiger partial charge is 0.338 e. The van der Waals surface area contributed by atoms with Crippen molar-refractivity contribution in [1.29, 1.82) is 0 Å². The second-order valence-electron chi connectivity index (χ2n) is 4.41. The van der Waals surface area contributed by atoms with Gasteiger partial charge in [0, 0.05) is 12.6 Å². The van der Waals surface area contributed by atoms with Gasteiger partial charge in [-0.15, -0.1) is 0 Å². The summed E-state index contributed by atoms with van der Waals surface area (Å²) in [7, 11) is 0. The van der Waals surface area contributed by atoms with Gasteiger partial charge < -0.3 is 5.11 Å². The largest absolute Gasteiger partial charge is 0.478 e. The molecule has 1 fully saturated rings. The van der Waals surface area contributed by atoms with E-state index in [0.29, 0.717) is 12.6 Å². The van der Waals surface area contributed by atoms with Gasteiger partial charge in [0.2, 0.25) is 0 Å². The van der Waals surface area contributed by atoms with E-state index in [4.69, 9.17) is 5.11 Å². The van der Waals surface area contributed by atoms with Crippen LogP contribution in [0.2, 0.25) is 0 Å². The van der Waals surface area contributed by atoms with Crippen molar-refractivity contribution in [2.24, 2.45) is 0 Å². The Kier molecular flexibility index (Phi) is 3.43. The van der Waals surface area contributed by atoms with E-state index in [9.17, 15) is 9.18 Å². The number of benzene rings is 1. The predicted octanol–water partition coefficient (Wildman–Crippen LogP) is 2.51. The molecule has 1 aromatic carbocycles. The molecule has 92 valence electrons. The number of carboxylic acids is 1. The van der Waals surface area contributed by atoms with Gasteiger partial charge in [-0.3, -0.25) is 4.90 Å². The number of aromatic carboxylic acids is 1. The van der Waals surface area contributed by atoms with Crippen molar-refractivity contribution < 1.29 is 14.3 Å². The first-order valence-electron chi connectivity index (χ1n) is 5.87. The molecule has 0 amide bonds. The van der Waals surface area contributed by atoms with Crippen molar-refractivity contribution >= 4 is 5.97 Å². The van der Waals surface area contributed by atoms with E-state index < -0.39 is 11.8 Å². The van der Waals surface area contributed by atoms with Gasteiger partial charge in [0.05, 0.1) is 5.56 Å². The predicted molar refractivity (Wildman–Crippen MR) is 62.5 cm³/mol. The van der Waals surface area contributed by atoms with Crippen molar-refractivity contribution in [1.82, 2.24) is 4.90 Å². The zero-order chi connectivity index (χ0) is 12.4. The Morgan fingerprint density at radius 3 is 2.71 bits per heavy atom. The number of nitrogens with zero attached hydrogens (tertiary/aromatic N) is 1. The molecule has 2 rings (SSSR count). The van der Waals surface area contributed by atoms with E-state index in [1.807, 2.05) is 0 Å². The number of hydrogen-bond donors (Lipinski definition) is 1. The van der Waals surface area contributed by atoms with Crippen LogP contribution >= 0.6 is 0 Å². The average Bonchev–Trinajstić information content (AvgIpc) is 3.09. The fourth-order valence-corrected chi connectivity index (χ4v) is 2.00. The molecular formula is C13H16FNO2. The van der Waals surface area contributed by atoms with E-state index in [2.05, 4.69) is 11.8 Å². The third-order valence-corrected chi connectivity index (χ3v) is 3.12. The monoisotopic (exact) mass is 237 g/mol. The highest BCUT2D eigenvalue weighted by atomic mass is 19.1. The maximum atomic E-state index is 13.5. The normalized spacial score (nSPS) is 15.2. The van der Waals surface area contributed by atoms with Gasteiger partial charge >= 0.3 is 5.97 Å². The molecule has 1 N–H and O–H groups in total. The number of carbonyl (C=O) groups is 1. The van der Waals surface area contributed by atoms with Gasteiger partial charge in [-0.25, -0.2) is 9.18 Å². The van der Waals surface area contributed by atoms with Crippen LogP contribution in [0.4, 0.5) is 4.39 Å². The molecule has 0 aromatic heterocycles. The number of hydrogen-bond acceptors (Lipinski definition) is 2. The van der Waals surface area contributed by atoms with E-state index in [1.54, 1.807) is 6.07 Å². The van der Waals surface area contributed by atoms with Gasteiger partial charge in [-0.2, -0.15) is 0 Å². The molecule has 0 heterocycles. The summed E-state index contributed by atoms with van der Waals surface area (Å²) in [4.78, 5) is 13.0. The highest BCUT2D eigenvalue weighted by molar-refractivity contribution is 5.87. The van der Waals surface area contributed by atoms with Crippen LogP contribution < -0.4 is 0 Å². The summed E-state index contributed by atoms with van der Waals surface area (Å²) in [5.41, 5.74) is 0.574. The van der Waals surface area contributed by atoms with Crippen LogP contribution in [0, 0.1) is 5.82 Å². The zero-order valence-corrected chi connectivity index (χ0v) is 9.82. The highest BCUT2D eigenvalue weighted by Crippen LogP contribution is 2.28. The Labute approximate surface area is 99.9 Å². The second kappa shape index (κ2) is 4.84. The van der Waals surface area contributed by atoms with E-state index in [0.717, 1.165) is 12.1 Å². The van der Waals surface area contributed by atoms with Crippen molar-refractivity contribution in [2.45, 2.75) is 32.4 Å². The summed E-state index contributed by atoms with van der Waals surface area (Å²) in [5, 5.41) is 8.73. The van der Waals surface area contributed by atoms with Gasteiger partial charge in [0.25, 0.3) is 0 Å². The Morgan fingerprint density at radius 1 is 1.53 bits per heavy atom. The van der Waals surface area contributed by atoms with Crippen molar-refractivity contribution in [3.05, 3.63) is 35.1 Å². The molecule has 0 atom stereocenters. The van der Waals surface area contributed by atoms with Crippen LogP contribution in [0.1, 0.15) is 35.7 Å². The highest BCUT2D eigenvalue weighted by Gasteiger charge is 2.27. The van der Waals surface area contributed by atoms with Crippen LogP contribution in [0.3, 0.4) is 0 Å². The van der Waals surface area contributed by atoms with E-state index in [1.165, 1.54) is 25.0 Å². The summed E-state index contributed by atoms with van der Waals surface area (Å²) in [5.74, 6) is -1.87. The zero-order valence-electron chi connectivity index (χ0n) is 9.82.